The maximum atomic E-state index is 13.0. The van der Waals surface area contributed by atoms with Crippen LogP contribution in [0.3, 0.4) is 0 Å². The molecule has 0 radical (unpaired) electrons. The molecule has 1 aromatic rings. The van der Waals surface area contributed by atoms with Crippen LogP contribution in [0.2, 0.25) is 0 Å². The lowest BCUT2D eigenvalue weighted by atomic mass is 10.1. The quantitative estimate of drug-likeness (QED) is 0.701. The van der Waals surface area contributed by atoms with Gasteiger partial charge < -0.3 is 9.94 Å². The van der Waals surface area contributed by atoms with Crippen LogP contribution in [0.15, 0.2) is 12.1 Å². The molecule has 0 spiro atoms. The van der Waals surface area contributed by atoms with E-state index < -0.39 is 0 Å². The number of hydrogen-bond acceptors (Lipinski definition) is 3. The summed E-state index contributed by atoms with van der Waals surface area (Å²) >= 11 is 0. The first kappa shape index (κ1) is 9.95. The summed E-state index contributed by atoms with van der Waals surface area (Å²) in [6, 6.07) is 2.57. The fourth-order valence-corrected chi connectivity index (χ4v) is 1.08. The highest BCUT2D eigenvalue weighted by Gasteiger charge is 2.08. The number of nitrogens with one attached hydrogen (secondary N) is 1. The van der Waals surface area contributed by atoms with Crippen molar-refractivity contribution in [2.75, 3.05) is 7.11 Å². The van der Waals surface area contributed by atoms with Crippen molar-refractivity contribution >= 4 is 0 Å². The van der Waals surface area contributed by atoms with Crippen molar-refractivity contribution < 1.29 is 14.3 Å². The highest BCUT2D eigenvalue weighted by atomic mass is 19.1. The average molecular weight is 185 g/mol. The van der Waals surface area contributed by atoms with E-state index in [4.69, 9.17) is 0 Å². The smallest absolute Gasteiger partial charge is 0.126 e. The molecule has 2 N–H and O–H groups in total. The molecule has 1 aromatic carbocycles. The summed E-state index contributed by atoms with van der Waals surface area (Å²) in [6.45, 7) is 1.90. The maximum absolute atomic E-state index is 13.0. The van der Waals surface area contributed by atoms with Crippen molar-refractivity contribution in [1.29, 1.82) is 0 Å². The summed E-state index contributed by atoms with van der Waals surface area (Å²) in [5.74, 6) is -0.255. The van der Waals surface area contributed by atoms with Crippen molar-refractivity contribution in [2.45, 2.75) is 13.5 Å². The Bertz CT molecular complexity index is 302. The molecule has 0 fully saturated rings. The van der Waals surface area contributed by atoms with Crippen LogP contribution in [0.5, 0.6) is 5.75 Å². The van der Waals surface area contributed by atoms with Crippen LogP contribution in [-0.4, -0.2) is 12.2 Å². The standard InChI is InChI=1S/C9H12FNO2/c1-6-7(5-11-13-2)9(12)4-3-8(6)10/h3-4,11-12H,5H2,1-2H3. The molecule has 0 heterocycles. The minimum absolute atomic E-state index is 0.0726. The van der Waals surface area contributed by atoms with E-state index in [0.29, 0.717) is 11.1 Å². The van der Waals surface area contributed by atoms with Gasteiger partial charge in [-0.1, -0.05) is 0 Å². The predicted molar refractivity (Wildman–Crippen MR) is 46.7 cm³/mol. The largest absolute Gasteiger partial charge is 0.508 e. The summed E-state index contributed by atoms with van der Waals surface area (Å²) < 4.78 is 13.0. The lowest BCUT2D eigenvalue weighted by Gasteiger charge is -2.08. The van der Waals surface area contributed by atoms with Crippen LogP contribution in [-0.2, 0) is 11.4 Å². The molecule has 72 valence electrons. The fourth-order valence-electron chi connectivity index (χ4n) is 1.08. The molecule has 0 saturated carbocycles. The molecule has 0 unspecified atom stereocenters. The topological polar surface area (TPSA) is 41.5 Å². The van der Waals surface area contributed by atoms with E-state index in [9.17, 15) is 9.50 Å². The molecular weight excluding hydrogens is 173 g/mol. The summed E-state index contributed by atoms with van der Waals surface area (Å²) in [5.41, 5.74) is 3.50. The third kappa shape index (κ3) is 2.17. The SMILES string of the molecule is CONCc1c(O)ccc(F)c1C. The third-order valence-corrected chi connectivity index (χ3v) is 1.90. The van der Waals surface area contributed by atoms with E-state index in [0.717, 1.165) is 0 Å². The molecule has 0 aliphatic heterocycles. The molecule has 0 amide bonds. The van der Waals surface area contributed by atoms with Gasteiger partial charge in [-0.15, -0.1) is 0 Å². The molecule has 0 saturated heterocycles. The number of rotatable bonds is 3. The van der Waals surface area contributed by atoms with E-state index in [1.165, 1.54) is 19.2 Å². The fraction of sp³-hybridized carbons (Fsp3) is 0.333. The Labute approximate surface area is 76.1 Å². The van der Waals surface area contributed by atoms with Gasteiger partial charge in [-0.05, 0) is 24.6 Å². The van der Waals surface area contributed by atoms with Crippen LogP contribution in [0.4, 0.5) is 4.39 Å². The molecule has 0 atom stereocenters. The number of hydroxylamine groups is 1. The molecule has 4 heteroatoms. The number of hydrogen-bond donors (Lipinski definition) is 2. The zero-order chi connectivity index (χ0) is 9.84. The highest BCUT2D eigenvalue weighted by molar-refractivity contribution is 5.39. The third-order valence-electron chi connectivity index (χ3n) is 1.90. The molecule has 13 heavy (non-hydrogen) atoms. The normalized spacial score (nSPS) is 10.4. The van der Waals surface area contributed by atoms with Gasteiger partial charge in [-0.3, -0.25) is 0 Å². The van der Waals surface area contributed by atoms with E-state index in [-0.39, 0.29) is 18.1 Å². The molecule has 3 nitrogen and oxygen atoms in total. The molecule has 0 aliphatic carbocycles. The highest BCUT2D eigenvalue weighted by Crippen LogP contribution is 2.22. The van der Waals surface area contributed by atoms with Crippen LogP contribution in [0.1, 0.15) is 11.1 Å². The predicted octanol–water partition coefficient (Wildman–Crippen LogP) is 1.49. The van der Waals surface area contributed by atoms with E-state index in [1.54, 1.807) is 6.92 Å². The first-order chi connectivity index (χ1) is 6.16. The lowest BCUT2D eigenvalue weighted by Crippen LogP contribution is -2.12. The second-order valence-corrected chi connectivity index (χ2v) is 2.70. The Balaban J connectivity index is 2.96. The van der Waals surface area contributed by atoms with Crippen LogP contribution in [0, 0.1) is 12.7 Å². The number of halogens is 1. The zero-order valence-electron chi connectivity index (χ0n) is 7.60. The van der Waals surface area contributed by atoms with Crippen LogP contribution in [0.25, 0.3) is 0 Å². The van der Waals surface area contributed by atoms with Crippen LogP contribution < -0.4 is 5.48 Å². The Morgan fingerprint density at radius 1 is 1.54 bits per heavy atom. The van der Waals surface area contributed by atoms with Gasteiger partial charge in [0.05, 0.1) is 13.7 Å². The van der Waals surface area contributed by atoms with Gasteiger partial charge in [0.1, 0.15) is 11.6 Å². The molecule has 0 aliphatic rings. The van der Waals surface area contributed by atoms with Gasteiger partial charge in [0, 0.05) is 5.56 Å². The summed E-state index contributed by atoms with van der Waals surface area (Å²) in [7, 11) is 1.46. The number of phenols is 1. The first-order valence-electron chi connectivity index (χ1n) is 3.89. The first-order valence-corrected chi connectivity index (χ1v) is 3.89. The minimum Gasteiger partial charge on any atom is -0.508 e. The van der Waals surface area contributed by atoms with Gasteiger partial charge in [-0.25, -0.2) is 4.39 Å². The van der Waals surface area contributed by atoms with Crippen molar-refractivity contribution in [3.8, 4) is 5.75 Å². The number of benzene rings is 1. The number of phenolic OH excluding ortho intramolecular Hbond substituents is 1. The number of aromatic hydroxyl groups is 1. The van der Waals surface area contributed by atoms with Crippen LogP contribution >= 0.6 is 0 Å². The van der Waals surface area contributed by atoms with Crippen molar-refractivity contribution in [3.05, 3.63) is 29.1 Å². The molecule has 0 aromatic heterocycles. The second kappa shape index (κ2) is 4.20. The van der Waals surface area contributed by atoms with Gasteiger partial charge in [0.15, 0.2) is 0 Å². The Morgan fingerprint density at radius 3 is 2.85 bits per heavy atom. The Hall–Kier alpha value is -1.13. The van der Waals surface area contributed by atoms with Crippen molar-refractivity contribution in [1.82, 2.24) is 5.48 Å². The van der Waals surface area contributed by atoms with E-state index in [1.807, 2.05) is 0 Å². The van der Waals surface area contributed by atoms with Gasteiger partial charge in [0.25, 0.3) is 0 Å². The van der Waals surface area contributed by atoms with Gasteiger partial charge >= 0.3 is 0 Å². The molecular formula is C9H12FNO2. The summed E-state index contributed by atoms with van der Waals surface area (Å²) in [5, 5.41) is 9.38. The van der Waals surface area contributed by atoms with E-state index in [2.05, 4.69) is 10.3 Å². The van der Waals surface area contributed by atoms with Gasteiger partial charge in [0.2, 0.25) is 0 Å². The van der Waals surface area contributed by atoms with Crippen molar-refractivity contribution in [2.24, 2.45) is 0 Å². The second-order valence-electron chi connectivity index (χ2n) is 2.70. The monoisotopic (exact) mass is 185 g/mol. The van der Waals surface area contributed by atoms with E-state index >= 15 is 0 Å². The summed E-state index contributed by atoms with van der Waals surface area (Å²) in [4.78, 5) is 4.61. The Kier molecular flexibility index (Phi) is 3.22. The van der Waals surface area contributed by atoms with Crippen molar-refractivity contribution in [3.63, 3.8) is 0 Å². The minimum atomic E-state index is -0.328. The average Bonchev–Trinajstić information content (AvgIpc) is 2.12. The molecule has 0 bridgehead atoms. The lowest BCUT2D eigenvalue weighted by molar-refractivity contribution is 0.0859. The molecule has 1 rings (SSSR count). The summed E-state index contributed by atoms with van der Waals surface area (Å²) in [6.07, 6.45) is 0. The van der Waals surface area contributed by atoms with Gasteiger partial charge in [-0.2, -0.15) is 5.48 Å². The zero-order valence-corrected chi connectivity index (χ0v) is 7.60. The Morgan fingerprint density at radius 2 is 2.23 bits per heavy atom. The maximum Gasteiger partial charge on any atom is 0.126 e.